The highest BCUT2D eigenvalue weighted by Gasteiger charge is 2.52. The van der Waals surface area contributed by atoms with E-state index in [0.29, 0.717) is 0 Å². The Bertz CT molecular complexity index is 3540. The first kappa shape index (κ1) is 33.9. The van der Waals surface area contributed by atoms with Gasteiger partial charge in [-0.05, 0) is 87.0 Å². The van der Waals surface area contributed by atoms with E-state index >= 15 is 0 Å². The van der Waals surface area contributed by atoms with Crippen molar-refractivity contribution in [3.05, 3.63) is 246 Å². The van der Waals surface area contributed by atoms with E-state index in [4.69, 9.17) is 9.15 Å². The summed E-state index contributed by atoms with van der Waals surface area (Å²) in [5, 5.41) is 4.50. The summed E-state index contributed by atoms with van der Waals surface area (Å²) in [7, 11) is 0. The molecular formula is C59H37NO2. The molecule has 3 nitrogen and oxygen atoms in total. The second-order valence-electron chi connectivity index (χ2n) is 17.0. The molecule has 0 saturated heterocycles. The molecule has 0 saturated carbocycles. The topological polar surface area (TPSA) is 25.6 Å². The van der Waals surface area contributed by atoms with Crippen LogP contribution in [0.5, 0.6) is 5.75 Å². The van der Waals surface area contributed by atoms with E-state index in [-0.39, 0.29) is 12.0 Å². The molecule has 14 rings (SSSR count). The fourth-order valence-electron chi connectivity index (χ4n) is 11.6. The summed E-state index contributed by atoms with van der Waals surface area (Å²) in [5.41, 5.74) is 18.7. The SMILES string of the molecule is C1=CC2c3cc(N(c4ccccc4)c4cccc5c4-c4ccccc4C54c5ccccc5-c5ccccc54)c4ccccc4c3OC2C(c2ccc3oc4ccccc4c3c2)=C1. The Morgan fingerprint density at radius 3 is 1.89 bits per heavy atom. The minimum absolute atomic E-state index is 0.0275. The summed E-state index contributed by atoms with van der Waals surface area (Å²) >= 11 is 0. The van der Waals surface area contributed by atoms with Crippen LogP contribution in [0.3, 0.4) is 0 Å². The van der Waals surface area contributed by atoms with Gasteiger partial charge < -0.3 is 14.1 Å². The maximum absolute atomic E-state index is 7.21. The third-order valence-corrected chi connectivity index (χ3v) is 14.0. The molecule has 0 N–H and O–H groups in total. The zero-order valence-corrected chi connectivity index (χ0v) is 33.6. The van der Waals surface area contributed by atoms with Crippen LogP contribution in [-0.4, -0.2) is 6.10 Å². The molecule has 1 spiro atoms. The van der Waals surface area contributed by atoms with E-state index < -0.39 is 5.41 Å². The number of fused-ring (bicyclic) bond motifs is 18. The highest BCUT2D eigenvalue weighted by molar-refractivity contribution is 6.08. The Morgan fingerprint density at radius 1 is 0.468 bits per heavy atom. The molecule has 1 aliphatic heterocycles. The van der Waals surface area contributed by atoms with Gasteiger partial charge in [-0.1, -0.05) is 170 Å². The van der Waals surface area contributed by atoms with E-state index in [2.05, 4.69) is 205 Å². The molecular weight excluding hydrogens is 755 g/mol. The largest absolute Gasteiger partial charge is 0.484 e. The molecule has 1 aromatic heterocycles. The molecule has 3 aliphatic carbocycles. The number of anilines is 3. The van der Waals surface area contributed by atoms with Crippen molar-refractivity contribution in [2.75, 3.05) is 4.90 Å². The molecule has 10 aromatic rings. The van der Waals surface area contributed by atoms with Crippen LogP contribution in [0, 0.1) is 0 Å². The number of furan rings is 1. The molecule has 62 heavy (non-hydrogen) atoms. The van der Waals surface area contributed by atoms with Crippen LogP contribution >= 0.6 is 0 Å². The van der Waals surface area contributed by atoms with Crippen molar-refractivity contribution < 1.29 is 9.15 Å². The van der Waals surface area contributed by atoms with E-state index in [1.54, 1.807) is 0 Å². The Morgan fingerprint density at radius 2 is 1.10 bits per heavy atom. The van der Waals surface area contributed by atoms with Crippen molar-refractivity contribution in [2.45, 2.75) is 17.4 Å². The van der Waals surface area contributed by atoms with E-state index in [1.807, 2.05) is 12.1 Å². The number of para-hydroxylation sites is 2. The number of rotatable bonds is 4. The zero-order chi connectivity index (χ0) is 40.5. The molecule has 2 heterocycles. The van der Waals surface area contributed by atoms with E-state index in [1.165, 1.54) is 55.6 Å². The summed E-state index contributed by atoms with van der Waals surface area (Å²) in [4.78, 5) is 2.51. The Kier molecular flexibility index (Phi) is 6.88. The number of hydrogen-bond acceptors (Lipinski definition) is 3. The van der Waals surface area contributed by atoms with Gasteiger partial charge in [-0.2, -0.15) is 0 Å². The predicted octanol–water partition coefficient (Wildman–Crippen LogP) is 15.1. The molecule has 3 heteroatoms. The van der Waals surface area contributed by atoms with E-state index in [9.17, 15) is 0 Å². The van der Waals surface area contributed by atoms with Crippen LogP contribution in [0.2, 0.25) is 0 Å². The monoisotopic (exact) mass is 791 g/mol. The first-order chi connectivity index (χ1) is 30.8. The van der Waals surface area contributed by atoms with Gasteiger partial charge in [0, 0.05) is 49.9 Å². The van der Waals surface area contributed by atoms with Gasteiger partial charge in [0.05, 0.1) is 16.8 Å². The number of ether oxygens (including phenoxy) is 1. The fourth-order valence-corrected chi connectivity index (χ4v) is 11.6. The average Bonchev–Trinajstić information content (AvgIpc) is 4.07. The van der Waals surface area contributed by atoms with Crippen LogP contribution in [-0.2, 0) is 5.41 Å². The number of benzene rings is 9. The minimum Gasteiger partial charge on any atom is -0.484 e. The van der Waals surface area contributed by atoms with Gasteiger partial charge in [-0.25, -0.2) is 0 Å². The van der Waals surface area contributed by atoms with Gasteiger partial charge in [0.2, 0.25) is 0 Å². The van der Waals surface area contributed by atoms with Gasteiger partial charge in [-0.3, -0.25) is 0 Å². The molecule has 2 atom stereocenters. The van der Waals surface area contributed by atoms with Crippen LogP contribution in [0.4, 0.5) is 17.1 Å². The molecule has 290 valence electrons. The van der Waals surface area contributed by atoms with Crippen molar-refractivity contribution in [2.24, 2.45) is 0 Å². The summed E-state index contributed by atoms with van der Waals surface area (Å²) in [6, 6.07) is 71.1. The van der Waals surface area contributed by atoms with Gasteiger partial charge in [0.25, 0.3) is 0 Å². The average molecular weight is 792 g/mol. The summed E-state index contributed by atoms with van der Waals surface area (Å²) in [6.45, 7) is 0. The maximum atomic E-state index is 7.21. The lowest BCUT2D eigenvalue weighted by Crippen LogP contribution is -2.26. The molecule has 0 amide bonds. The van der Waals surface area contributed by atoms with Gasteiger partial charge >= 0.3 is 0 Å². The van der Waals surface area contributed by atoms with Gasteiger partial charge in [0.15, 0.2) is 0 Å². The smallest absolute Gasteiger partial charge is 0.135 e. The first-order valence-electron chi connectivity index (χ1n) is 21.6. The molecule has 0 radical (unpaired) electrons. The Labute approximate surface area is 359 Å². The first-order valence-corrected chi connectivity index (χ1v) is 21.6. The summed E-state index contributed by atoms with van der Waals surface area (Å²) in [6.07, 6.45) is 6.60. The lowest BCUT2D eigenvalue weighted by Gasteiger charge is -2.32. The van der Waals surface area contributed by atoms with Crippen molar-refractivity contribution in [3.8, 4) is 28.0 Å². The Balaban J connectivity index is 0.983. The molecule has 0 fully saturated rings. The van der Waals surface area contributed by atoms with E-state index in [0.717, 1.165) is 61.1 Å². The van der Waals surface area contributed by atoms with Crippen LogP contribution in [0.15, 0.2) is 217 Å². The highest BCUT2D eigenvalue weighted by atomic mass is 16.5. The molecule has 2 unspecified atom stereocenters. The van der Waals surface area contributed by atoms with Crippen LogP contribution < -0.4 is 9.64 Å². The number of nitrogens with zero attached hydrogens (tertiary/aromatic N) is 1. The lowest BCUT2D eigenvalue weighted by molar-refractivity contribution is 0.281. The van der Waals surface area contributed by atoms with Crippen LogP contribution in [0.1, 0.15) is 39.3 Å². The van der Waals surface area contributed by atoms with Crippen molar-refractivity contribution in [1.82, 2.24) is 0 Å². The van der Waals surface area contributed by atoms with Crippen molar-refractivity contribution in [1.29, 1.82) is 0 Å². The quantitative estimate of drug-likeness (QED) is 0.178. The third-order valence-electron chi connectivity index (χ3n) is 14.0. The predicted molar refractivity (Wildman–Crippen MR) is 253 cm³/mol. The molecule has 9 aromatic carbocycles. The van der Waals surface area contributed by atoms with Crippen molar-refractivity contribution >= 4 is 55.3 Å². The second kappa shape index (κ2) is 12.6. The lowest BCUT2D eigenvalue weighted by atomic mass is 9.70. The zero-order valence-electron chi connectivity index (χ0n) is 33.6. The van der Waals surface area contributed by atoms with Gasteiger partial charge in [0.1, 0.15) is 23.0 Å². The summed E-state index contributed by atoms with van der Waals surface area (Å²) < 4.78 is 13.4. The molecule has 0 bridgehead atoms. The molecule has 4 aliphatic rings. The number of allylic oxidation sites excluding steroid dienone is 2. The van der Waals surface area contributed by atoms with Crippen LogP contribution in [0.25, 0.3) is 60.5 Å². The standard InChI is InChI=1S/C59H37NO2/c1-2-16-37(17-3-1)60(52-30-15-29-51-56(52)45-23-8-12-28-50(45)59(51)48-26-10-6-18-39(48)40-19-7-11-27-49(40)59)53-35-47-44-25-14-24-38(57(44)62-58(47)43-22-5-4-20-41(43)53)36-32-33-55-46(34-36)42-21-9-13-31-54(42)61-55/h1-35,44,57H. The highest BCUT2D eigenvalue weighted by Crippen LogP contribution is 2.65. The van der Waals surface area contributed by atoms with Gasteiger partial charge in [-0.15, -0.1) is 0 Å². The third kappa shape index (κ3) is 4.39. The Hall–Kier alpha value is -7.88. The summed E-state index contributed by atoms with van der Waals surface area (Å²) in [5.74, 6) is 0.987. The fraction of sp³-hybridized carbons (Fsp3) is 0.0508. The minimum atomic E-state index is -0.445. The normalized spacial score (nSPS) is 17.0. The second-order valence-corrected chi connectivity index (χ2v) is 17.0. The number of hydrogen-bond donors (Lipinski definition) is 0. The van der Waals surface area contributed by atoms with Crippen molar-refractivity contribution in [3.63, 3.8) is 0 Å². The maximum Gasteiger partial charge on any atom is 0.135 e.